The fourth-order valence-corrected chi connectivity index (χ4v) is 4.70. The van der Waals surface area contributed by atoms with Crippen molar-refractivity contribution in [1.29, 1.82) is 0 Å². The standard InChI is InChI=1S/C23H38N6O3/c1-5-13-28-21(31)19-15-18(20(30)24-12-14-27(6-2)7-3)26-29(19)16-23(28,4)22(32)25-17-10-8-9-11-17/h15,17H,5-14,16H2,1-4H3,(H,24,30)(H,25,32). The molecule has 3 rings (SSSR count). The predicted octanol–water partition coefficient (Wildman–Crippen LogP) is 1.64. The van der Waals surface area contributed by atoms with Gasteiger partial charge in [-0.05, 0) is 39.3 Å². The van der Waals surface area contributed by atoms with E-state index in [1.165, 1.54) is 4.68 Å². The Morgan fingerprint density at radius 3 is 2.53 bits per heavy atom. The first-order chi connectivity index (χ1) is 15.3. The molecule has 3 amide bonds. The summed E-state index contributed by atoms with van der Waals surface area (Å²) in [5.74, 6) is -0.694. The second-order valence-corrected chi connectivity index (χ2v) is 9.04. The number of hydrogen-bond acceptors (Lipinski definition) is 5. The van der Waals surface area contributed by atoms with Crippen LogP contribution in [0.1, 0.15) is 80.8 Å². The number of aromatic nitrogens is 2. The first kappa shape index (κ1) is 24.2. The molecule has 9 heteroatoms. The van der Waals surface area contributed by atoms with Crippen LogP contribution in [0.25, 0.3) is 0 Å². The van der Waals surface area contributed by atoms with Gasteiger partial charge in [0.2, 0.25) is 5.91 Å². The Morgan fingerprint density at radius 1 is 1.22 bits per heavy atom. The van der Waals surface area contributed by atoms with Gasteiger partial charge < -0.3 is 20.4 Å². The number of rotatable bonds is 10. The largest absolute Gasteiger partial charge is 0.351 e. The Hall–Kier alpha value is -2.42. The molecule has 9 nitrogen and oxygen atoms in total. The number of fused-ring (bicyclic) bond motifs is 1. The van der Waals surface area contributed by atoms with Crippen molar-refractivity contribution in [1.82, 2.24) is 30.2 Å². The minimum absolute atomic E-state index is 0.141. The summed E-state index contributed by atoms with van der Waals surface area (Å²) in [5, 5.41) is 10.4. The summed E-state index contributed by atoms with van der Waals surface area (Å²) >= 11 is 0. The van der Waals surface area contributed by atoms with Crippen LogP contribution >= 0.6 is 0 Å². The molecule has 0 spiro atoms. The molecule has 0 aromatic carbocycles. The van der Waals surface area contributed by atoms with Crippen molar-refractivity contribution in [3.8, 4) is 0 Å². The van der Waals surface area contributed by atoms with E-state index >= 15 is 0 Å². The van der Waals surface area contributed by atoms with Crippen molar-refractivity contribution in [3.05, 3.63) is 17.5 Å². The number of carbonyl (C=O) groups is 3. The summed E-state index contributed by atoms with van der Waals surface area (Å²) in [6.07, 6.45) is 4.94. The van der Waals surface area contributed by atoms with Crippen LogP contribution in [0, 0.1) is 0 Å². The second-order valence-electron chi connectivity index (χ2n) is 9.04. The average Bonchev–Trinajstić information content (AvgIpc) is 3.44. The van der Waals surface area contributed by atoms with E-state index in [-0.39, 0.29) is 36.0 Å². The smallest absolute Gasteiger partial charge is 0.273 e. The molecule has 1 aromatic rings. The van der Waals surface area contributed by atoms with E-state index in [2.05, 4.69) is 34.5 Å². The normalized spacial score (nSPS) is 21.2. The average molecular weight is 447 g/mol. The van der Waals surface area contributed by atoms with Gasteiger partial charge in [-0.3, -0.25) is 19.1 Å². The van der Waals surface area contributed by atoms with E-state index in [9.17, 15) is 14.4 Å². The van der Waals surface area contributed by atoms with E-state index in [0.717, 1.165) is 51.7 Å². The lowest BCUT2D eigenvalue weighted by Crippen LogP contribution is -2.65. The Kier molecular flexibility index (Phi) is 7.92. The van der Waals surface area contributed by atoms with Crippen LogP contribution in [0.2, 0.25) is 0 Å². The third-order valence-electron chi connectivity index (χ3n) is 6.77. The Morgan fingerprint density at radius 2 is 1.91 bits per heavy atom. The second kappa shape index (κ2) is 10.5. The summed E-state index contributed by atoms with van der Waals surface area (Å²) < 4.78 is 1.53. The maximum Gasteiger partial charge on any atom is 0.273 e. The van der Waals surface area contributed by atoms with Crippen LogP contribution < -0.4 is 10.6 Å². The predicted molar refractivity (Wildman–Crippen MR) is 122 cm³/mol. The molecule has 2 heterocycles. The first-order valence-electron chi connectivity index (χ1n) is 12.0. The molecule has 2 N–H and O–H groups in total. The van der Waals surface area contributed by atoms with Crippen molar-refractivity contribution in [2.45, 2.75) is 77.9 Å². The number of carbonyl (C=O) groups excluding carboxylic acids is 3. The molecule has 1 fully saturated rings. The van der Waals surface area contributed by atoms with E-state index in [1.54, 1.807) is 17.9 Å². The highest BCUT2D eigenvalue weighted by Crippen LogP contribution is 2.29. The Balaban J connectivity index is 1.76. The van der Waals surface area contributed by atoms with E-state index in [0.29, 0.717) is 18.8 Å². The fourth-order valence-electron chi connectivity index (χ4n) is 4.70. The van der Waals surface area contributed by atoms with Crippen LogP contribution in [0.15, 0.2) is 6.07 Å². The van der Waals surface area contributed by atoms with Gasteiger partial charge >= 0.3 is 0 Å². The number of amides is 3. The van der Waals surface area contributed by atoms with Gasteiger partial charge in [-0.1, -0.05) is 33.6 Å². The summed E-state index contributed by atoms with van der Waals surface area (Å²) in [7, 11) is 0. The quantitative estimate of drug-likeness (QED) is 0.569. The zero-order chi connectivity index (χ0) is 23.3. The molecule has 0 bridgehead atoms. The highest BCUT2D eigenvalue weighted by Gasteiger charge is 2.48. The SMILES string of the molecule is CCCN1C(=O)c2cc(C(=O)NCCN(CC)CC)nn2CC1(C)C(=O)NC1CCCC1. The van der Waals surface area contributed by atoms with Gasteiger partial charge in [-0.2, -0.15) is 5.10 Å². The van der Waals surface area contributed by atoms with Gasteiger partial charge in [-0.15, -0.1) is 0 Å². The Bertz CT molecular complexity index is 828. The molecule has 1 aliphatic heterocycles. The van der Waals surface area contributed by atoms with Gasteiger partial charge in [0.15, 0.2) is 5.69 Å². The van der Waals surface area contributed by atoms with Gasteiger partial charge in [0, 0.05) is 31.7 Å². The van der Waals surface area contributed by atoms with Gasteiger partial charge in [0.1, 0.15) is 11.2 Å². The van der Waals surface area contributed by atoms with Crippen molar-refractivity contribution < 1.29 is 14.4 Å². The van der Waals surface area contributed by atoms with Crippen molar-refractivity contribution >= 4 is 17.7 Å². The number of likely N-dealkylation sites (N-methyl/N-ethyl adjacent to an activating group) is 1. The molecule has 1 unspecified atom stereocenters. The molecule has 32 heavy (non-hydrogen) atoms. The van der Waals surface area contributed by atoms with Gasteiger partial charge in [0.25, 0.3) is 11.8 Å². The Labute approximate surface area is 190 Å². The number of nitrogens with one attached hydrogen (secondary N) is 2. The summed E-state index contributed by atoms with van der Waals surface area (Å²) in [5.41, 5.74) is -0.464. The summed E-state index contributed by atoms with van der Waals surface area (Å²) in [4.78, 5) is 43.1. The fraction of sp³-hybridized carbons (Fsp3) is 0.739. The molecule has 1 saturated carbocycles. The van der Waals surface area contributed by atoms with E-state index in [4.69, 9.17) is 0 Å². The topological polar surface area (TPSA) is 99.6 Å². The molecular formula is C23H38N6O3. The van der Waals surface area contributed by atoms with Crippen molar-refractivity contribution in [2.24, 2.45) is 0 Å². The van der Waals surface area contributed by atoms with Crippen LogP contribution in [0.4, 0.5) is 0 Å². The van der Waals surface area contributed by atoms with E-state index < -0.39 is 5.54 Å². The maximum atomic E-state index is 13.3. The lowest BCUT2D eigenvalue weighted by atomic mass is 9.94. The maximum absolute atomic E-state index is 13.3. The van der Waals surface area contributed by atoms with Crippen LogP contribution in [0.5, 0.6) is 0 Å². The first-order valence-corrected chi connectivity index (χ1v) is 12.0. The molecular weight excluding hydrogens is 408 g/mol. The number of nitrogens with zero attached hydrogens (tertiary/aromatic N) is 4. The van der Waals surface area contributed by atoms with Gasteiger partial charge in [-0.25, -0.2) is 0 Å². The zero-order valence-corrected chi connectivity index (χ0v) is 19.9. The molecule has 2 aliphatic rings. The minimum atomic E-state index is -1.04. The van der Waals surface area contributed by atoms with Crippen molar-refractivity contribution in [3.63, 3.8) is 0 Å². The third-order valence-corrected chi connectivity index (χ3v) is 6.77. The highest BCUT2D eigenvalue weighted by atomic mass is 16.2. The lowest BCUT2D eigenvalue weighted by Gasteiger charge is -2.43. The van der Waals surface area contributed by atoms with Crippen molar-refractivity contribution in [2.75, 3.05) is 32.7 Å². The van der Waals surface area contributed by atoms with Crippen LogP contribution in [0.3, 0.4) is 0 Å². The zero-order valence-electron chi connectivity index (χ0n) is 19.9. The molecule has 178 valence electrons. The monoisotopic (exact) mass is 446 g/mol. The highest BCUT2D eigenvalue weighted by molar-refractivity contribution is 6.01. The molecule has 1 atom stereocenters. The molecule has 0 radical (unpaired) electrons. The van der Waals surface area contributed by atoms with Crippen LogP contribution in [-0.2, 0) is 11.3 Å². The summed E-state index contributed by atoms with van der Waals surface area (Å²) in [6, 6.07) is 1.72. The molecule has 0 saturated heterocycles. The molecule has 1 aromatic heterocycles. The van der Waals surface area contributed by atoms with Gasteiger partial charge in [0.05, 0.1) is 6.54 Å². The third kappa shape index (κ3) is 4.98. The van der Waals surface area contributed by atoms with Crippen LogP contribution in [-0.4, -0.2) is 81.6 Å². The lowest BCUT2D eigenvalue weighted by molar-refractivity contribution is -0.133. The summed E-state index contributed by atoms with van der Waals surface area (Å²) in [6.45, 7) is 11.8. The van der Waals surface area contributed by atoms with E-state index in [1.807, 2.05) is 6.92 Å². The molecule has 1 aliphatic carbocycles. The minimum Gasteiger partial charge on any atom is -0.351 e. The number of hydrogen-bond donors (Lipinski definition) is 2.